The fraction of sp³-hybridized carbons (Fsp3) is 0.381. The van der Waals surface area contributed by atoms with Gasteiger partial charge in [0.15, 0.2) is 0 Å². The Morgan fingerprint density at radius 1 is 1.19 bits per heavy atom. The fourth-order valence-electron chi connectivity index (χ4n) is 4.00. The second-order valence-corrected chi connectivity index (χ2v) is 7.22. The van der Waals surface area contributed by atoms with Gasteiger partial charge in [-0.1, -0.05) is 42.5 Å². The van der Waals surface area contributed by atoms with Crippen molar-refractivity contribution >= 4 is 18.0 Å². The van der Waals surface area contributed by atoms with Crippen LogP contribution < -0.4 is 5.32 Å². The number of nitrogens with one attached hydrogen (secondary N) is 1. The number of carbonyl (C=O) groups excluding carboxylic acids is 3. The van der Waals surface area contributed by atoms with Crippen molar-refractivity contribution in [2.45, 2.75) is 38.1 Å². The topological polar surface area (TPSA) is 69.7 Å². The first-order valence-electron chi connectivity index (χ1n) is 9.49. The minimum absolute atomic E-state index is 0.0569. The van der Waals surface area contributed by atoms with E-state index in [-0.39, 0.29) is 12.6 Å². The molecule has 4 rings (SSSR count). The van der Waals surface area contributed by atoms with Crippen molar-refractivity contribution < 1.29 is 14.4 Å². The van der Waals surface area contributed by atoms with E-state index in [0.29, 0.717) is 6.54 Å². The van der Waals surface area contributed by atoms with Gasteiger partial charge in [-0.25, -0.2) is 9.59 Å². The summed E-state index contributed by atoms with van der Waals surface area (Å²) in [5, 5.41) is 2.89. The van der Waals surface area contributed by atoms with Crippen LogP contribution in [-0.4, -0.2) is 40.9 Å². The van der Waals surface area contributed by atoms with E-state index in [1.54, 1.807) is 0 Å². The number of rotatable bonds is 3. The minimum atomic E-state index is -0.623. The zero-order chi connectivity index (χ0) is 18.8. The van der Waals surface area contributed by atoms with Crippen LogP contribution in [0.25, 0.3) is 0 Å². The summed E-state index contributed by atoms with van der Waals surface area (Å²) in [7, 11) is 0. The van der Waals surface area contributed by atoms with Crippen molar-refractivity contribution in [1.29, 1.82) is 0 Å². The predicted molar refractivity (Wildman–Crippen MR) is 101 cm³/mol. The summed E-state index contributed by atoms with van der Waals surface area (Å²) in [6.45, 7) is 0.301. The molecule has 0 aromatic heterocycles. The lowest BCUT2D eigenvalue weighted by Crippen LogP contribution is -2.46. The predicted octanol–water partition coefficient (Wildman–Crippen LogP) is 3.31. The van der Waals surface area contributed by atoms with Crippen LogP contribution in [0.5, 0.6) is 0 Å². The Balaban J connectivity index is 1.45. The Morgan fingerprint density at radius 2 is 2.04 bits per heavy atom. The molecule has 1 aromatic carbocycles. The van der Waals surface area contributed by atoms with Gasteiger partial charge >= 0.3 is 12.1 Å². The summed E-state index contributed by atoms with van der Waals surface area (Å²) >= 11 is 0. The summed E-state index contributed by atoms with van der Waals surface area (Å²) in [5.41, 5.74) is 3.29. The quantitative estimate of drug-likeness (QED) is 0.836. The molecule has 1 unspecified atom stereocenters. The average molecular weight is 365 g/mol. The molecule has 27 heavy (non-hydrogen) atoms. The second-order valence-electron chi connectivity index (χ2n) is 7.22. The van der Waals surface area contributed by atoms with E-state index in [1.807, 2.05) is 24.3 Å². The Bertz CT molecular complexity index is 843. The molecule has 1 N–H and O–H groups in total. The monoisotopic (exact) mass is 365 g/mol. The molecule has 1 aromatic rings. The number of carbonyl (C=O) groups is 3. The van der Waals surface area contributed by atoms with Crippen LogP contribution in [0.4, 0.5) is 9.59 Å². The van der Waals surface area contributed by atoms with Crippen molar-refractivity contribution in [3.8, 4) is 0 Å². The van der Waals surface area contributed by atoms with Crippen molar-refractivity contribution in [3.63, 3.8) is 0 Å². The van der Waals surface area contributed by atoms with Gasteiger partial charge in [-0.15, -0.1) is 0 Å². The molecule has 2 aliphatic carbocycles. The molecule has 1 atom stereocenters. The Morgan fingerprint density at radius 3 is 2.85 bits per heavy atom. The Kier molecular flexibility index (Phi) is 4.79. The molecule has 3 aliphatic rings. The van der Waals surface area contributed by atoms with Gasteiger partial charge in [-0.3, -0.25) is 4.79 Å². The number of allylic oxidation sites excluding steroid dienone is 2. The lowest BCUT2D eigenvalue weighted by Gasteiger charge is -2.27. The van der Waals surface area contributed by atoms with Gasteiger partial charge in [0.2, 0.25) is 0 Å². The average Bonchev–Trinajstić information content (AvgIpc) is 2.96. The van der Waals surface area contributed by atoms with Crippen molar-refractivity contribution in [3.05, 3.63) is 59.2 Å². The van der Waals surface area contributed by atoms with Crippen LogP contribution in [0.15, 0.2) is 48.1 Å². The third-order valence-electron chi connectivity index (χ3n) is 5.35. The number of urea groups is 2. The number of imide groups is 3. The summed E-state index contributed by atoms with van der Waals surface area (Å²) in [5.74, 6) is -0.470. The van der Waals surface area contributed by atoms with E-state index < -0.39 is 18.0 Å². The highest BCUT2D eigenvalue weighted by Crippen LogP contribution is 2.29. The van der Waals surface area contributed by atoms with E-state index in [4.69, 9.17) is 0 Å². The molecule has 1 aliphatic heterocycles. The van der Waals surface area contributed by atoms with Crippen molar-refractivity contribution in [2.75, 3.05) is 13.1 Å². The molecule has 0 spiro atoms. The highest BCUT2D eigenvalue weighted by Gasteiger charge is 2.41. The number of nitrogens with zero attached hydrogens (tertiary/aromatic N) is 2. The number of hydrogen-bond donors (Lipinski definition) is 1. The second kappa shape index (κ2) is 7.39. The molecule has 5 amide bonds. The first-order chi connectivity index (χ1) is 13.1. The first kappa shape index (κ1) is 17.5. The zero-order valence-electron chi connectivity index (χ0n) is 15.2. The number of hydrogen-bond acceptors (Lipinski definition) is 3. The van der Waals surface area contributed by atoms with E-state index in [9.17, 15) is 14.4 Å². The molecule has 6 heteroatoms. The van der Waals surface area contributed by atoms with Gasteiger partial charge in [0, 0.05) is 6.54 Å². The van der Waals surface area contributed by atoms with Crippen LogP contribution in [0, 0.1) is 0 Å². The molecular weight excluding hydrogens is 342 g/mol. The molecule has 140 valence electrons. The van der Waals surface area contributed by atoms with E-state index in [1.165, 1.54) is 10.5 Å². The molecule has 1 fully saturated rings. The lowest BCUT2D eigenvalue weighted by atomic mass is 9.88. The molecular formula is C21H23N3O3. The largest absolute Gasteiger partial charge is 0.335 e. The van der Waals surface area contributed by atoms with Crippen LogP contribution in [0.2, 0.25) is 0 Å². The maximum Gasteiger partial charge on any atom is 0.335 e. The molecule has 0 saturated carbocycles. The van der Waals surface area contributed by atoms with Gasteiger partial charge in [0.25, 0.3) is 5.91 Å². The molecule has 6 nitrogen and oxygen atoms in total. The van der Waals surface area contributed by atoms with E-state index in [0.717, 1.165) is 48.1 Å². The van der Waals surface area contributed by atoms with Crippen LogP contribution >= 0.6 is 0 Å². The number of benzene rings is 1. The van der Waals surface area contributed by atoms with Gasteiger partial charge in [0.1, 0.15) is 6.54 Å². The highest BCUT2D eigenvalue weighted by atomic mass is 16.2. The summed E-state index contributed by atoms with van der Waals surface area (Å²) in [6.07, 6.45) is 10.8. The lowest BCUT2D eigenvalue weighted by molar-refractivity contribution is -0.123. The molecule has 1 heterocycles. The molecule has 1 saturated heterocycles. The number of amides is 5. The highest BCUT2D eigenvalue weighted by molar-refractivity contribution is 6.14. The Labute approximate surface area is 158 Å². The van der Waals surface area contributed by atoms with E-state index >= 15 is 0 Å². The summed E-state index contributed by atoms with van der Waals surface area (Å²) in [4.78, 5) is 39.9. The van der Waals surface area contributed by atoms with Crippen molar-refractivity contribution in [2.24, 2.45) is 0 Å². The summed E-state index contributed by atoms with van der Waals surface area (Å²) in [6, 6.07) is 6.67. The number of fused-ring (bicyclic) bond motifs is 1. The first-order valence-corrected chi connectivity index (χ1v) is 9.49. The van der Waals surface area contributed by atoms with Crippen molar-refractivity contribution in [1.82, 2.24) is 15.1 Å². The Hall–Kier alpha value is -2.89. The van der Waals surface area contributed by atoms with E-state index in [2.05, 4.69) is 23.5 Å². The SMILES string of the molecule is O=C1CN(CC2=CCCC=C2)C(=O)N1C(=O)NC1CCCc2ccccc21. The minimum Gasteiger partial charge on any atom is -0.330 e. The van der Waals surface area contributed by atoms with Crippen LogP contribution in [0.3, 0.4) is 0 Å². The molecule has 0 bridgehead atoms. The standard InChI is InChI=1S/C21H23N3O3/c25-19-14-23(13-15-7-2-1-3-8-15)21(27)24(19)20(26)22-18-12-6-10-16-9-4-5-11-17(16)18/h2,4-5,7-9,11,18H,1,3,6,10,12-14H2,(H,22,26). The maximum absolute atomic E-state index is 12.7. The van der Waals surface area contributed by atoms with Gasteiger partial charge in [-0.05, 0) is 48.8 Å². The normalized spacial score (nSPS) is 21.9. The molecule has 0 radical (unpaired) electrons. The van der Waals surface area contributed by atoms with Crippen LogP contribution in [0.1, 0.15) is 42.9 Å². The fourth-order valence-corrected chi connectivity index (χ4v) is 4.00. The zero-order valence-corrected chi connectivity index (χ0v) is 15.2. The van der Waals surface area contributed by atoms with Crippen LogP contribution in [-0.2, 0) is 11.2 Å². The number of aryl methyl sites for hydroxylation is 1. The third-order valence-corrected chi connectivity index (χ3v) is 5.35. The van der Waals surface area contributed by atoms with Gasteiger partial charge in [-0.2, -0.15) is 4.90 Å². The summed E-state index contributed by atoms with van der Waals surface area (Å²) < 4.78 is 0. The van der Waals surface area contributed by atoms with Gasteiger partial charge < -0.3 is 10.2 Å². The maximum atomic E-state index is 12.7. The van der Waals surface area contributed by atoms with Gasteiger partial charge in [0.05, 0.1) is 6.04 Å². The smallest absolute Gasteiger partial charge is 0.330 e. The third kappa shape index (κ3) is 3.52.